The van der Waals surface area contributed by atoms with Crippen molar-refractivity contribution in [2.45, 2.75) is 25.2 Å². The van der Waals surface area contributed by atoms with Crippen molar-refractivity contribution >= 4 is 17.3 Å². The van der Waals surface area contributed by atoms with E-state index in [4.69, 9.17) is 11.6 Å². The highest BCUT2D eigenvalue weighted by atomic mass is 35.5. The Morgan fingerprint density at radius 1 is 1.21 bits per heavy atom. The summed E-state index contributed by atoms with van der Waals surface area (Å²) >= 11 is 6.04. The molecule has 1 atom stereocenters. The van der Waals surface area contributed by atoms with Gasteiger partial charge in [0.05, 0.1) is 0 Å². The van der Waals surface area contributed by atoms with Gasteiger partial charge in [0.2, 0.25) is 0 Å². The Hall–Kier alpha value is -0.690. The summed E-state index contributed by atoms with van der Waals surface area (Å²) in [5.41, 5.74) is 2.75. The second-order valence-corrected chi connectivity index (χ2v) is 4.83. The molecule has 2 heteroatoms. The third-order valence-corrected chi connectivity index (χ3v) is 3.61. The van der Waals surface area contributed by atoms with E-state index in [2.05, 4.69) is 17.4 Å². The predicted molar refractivity (Wildman–Crippen MR) is 60.0 cm³/mol. The molecule has 1 nitrogen and oxygen atoms in total. The number of rotatable bonds is 1. The van der Waals surface area contributed by atoms with Crippen molar-refractivity contribution in [3.8, 4) is 0 Å². The third kappa shape index (κ3) is 1.40. The van der Waals surface area contributed by atoms with Crippen LogP contribution in [0, 0.1) is 5.92 Å². The van der Waals surface area contributed by atoms with Gasteiger partial charge in [-0.2, -0.15) is 0 Å². The fourth-order valence-corrected chi connectivity index (χ4v) is 2.69. The van der Waals surface area contributed by atoms with Crippen LogP contribution in [-0.4, -0.2) is 6.54 Å². The smallest absolute Gasteiger partial charge is 0.0410 e. The first-order valence-corrected chi connectivity index (χ1v) is 5.76. The lowest BCUT2D eigenvalue weighted by Crippen LogP contribution is -2.17. The molecule has 1 aliphatic heterocycles. The van der Waals surface area contributed by atoms with E-state index in [0.717, 1.165) is 23.4 Å². The zero-order valence-electron chi connectivity index (χ0n) is 8.09. The Bertz CT molecular complexity index is 357. The summed E-state index contributed by atoms with van der Waals surface area (Å²) in [6.45, 7) is 1.12. The minimum Gasteiger partial charge on any atom is -0.385 e. The highest BCUT2D eigenvalue weighted by Crippen LogP contribution is 2.48. The van der Waals surface area contributed by atoms with E-state index in [-0.39, 0.29) is 0 Å². The summed E-state index contributed by atoms with van der Waals surface area (Å²) in [7, 11) is 0. The van der Waals surface area contributed by atoms with Crippen LogP contribution >= 0.6 is 11.6 Å². The number of hydrogen-bond acceptors (Lipinski definition) is 1. The van der Waals surface area contributed by atoms with Gasteiger partial charge in [-0.1, -0.05) is 11.6 Å². The van der Waals surface area contributed by atoms with Crippen LogP contribution in [-0.2, 0) is 0 Å². The molecule has 14 heavy (non-hydrogen) atoms. The van der Waals surface area contributed by atoms with Crippen molar-refractivity contribution < 1.29 is 0 Å². The lowest BCUT2D eigenvalue weighted by molar-refractivity contribution is 0.560. The zero-order chi connectivity index (χ0) is 9.54. The lowest BCUT2D eigenvalue weighted by Gasteiger charge is -2.26. The Balaban J connectivity index is 2.02. The Morgan fingerprint density at radius 2 is 2.07 bits per heavy atom. The summed E-state index contributed by atoms with van der Waals surface area (Å²) < 4.78 is 0. The molecule has 0 radical (unpaired) electrons. The molecular formula is C12H14ClN. The molecule has 1 aromatic rings. The van der Waals surface area contributed by atoms with Crippen LogP contribution in [0.25, 0.3) is 0 Å². The summed E-state index contributed by atoms with van der Waals surface area (Å²) in [4.78, 5) is 0. The Morgan fingerprint density at radius 3 is 2.86 bits per heavy atom. The number of anilines is 1. The van der Waals surface area contributed by atoms with Crippen LogP contribution in [0.3, 0.4) is 0 Å². The van der Waals surface area contributed by atoms with Crippen molar-refractivity contribution in [2.24, 2.45) is 5.92 Å². The van der Waals surface area contributed by atoms with Gasteiger partial charge < -0.3 is 5.32 Å². The van der Waals surface area contributed by atoms with Crippen molar-refractivity contribution in [3.63, 3.8) is 0 Å². The van der Waals surface area contributed by atoms with E-state index >= 15 is 0 Å². The van der Waals surface area contributed by atoms with Gasteiger partial charge in [-0.05, 0) is 54.9 Å². The molecule has 3 rings (SSSR count). The SMILES string of the molecule is Clc1ccc2c(c1)C(C1CC1)CCN2. The molecule has 1 unspecified atom stereocenters. The normalized spacial score (nSPS) is 25.4. The molecule has 1 N–H and O–H groups in total. The zero-order valence-corrected chi connectivity index (χ0v) is 8.85. The van der Waals surface area contributed by atoms with Crippen molar-refractivity contribution in [3.05, 3.63) is 28.8 Å². The number of benzene rings is 1. The minimum absolute atomic E-state index is 0.768. The van der Waals surface area contributed by atoms with Gasteiger partial charge in [-0.15, -0.1) is 0 Å². The molecule has 0 bridgehead atoms. The first kappa shape index (κ1) is 8.60. The van der Waals surface area contributed by atoms with E-state index in [1.165, 1.54) is 30.5 Å². The molecule has 0 spiro atoms. The quantitative estimate of drug-likeness (QED) is 0.742. The van der Waals surface area contributed by atoms with Gasteiger partial charge in [0.1, 0.15) is 0 Å². The van der Waals surface area contributed by atoms with E-state index in [1.807, 2.05) is 6.07 Å². The van der Waals surface area contributed by atoms with Gasteiger partial charge in [-0.3, -0.25) is 0 Å². The highest BCUT2D eigenvalue weighted by Gasteiger charge is 2.34. The van der Waals surface area contributed by atoms with Gasteiger partial charge in [0, 0.05) is 17.3 Å². The molecule has 1 heterocycles. The second kappa shape index (κ2) is 3.16. The molecule has 0 saturated heterocycles. The first-order valence-electron chi connectivity index (χ1n) is 5.38. The van der Waals surface area contributed by atoms with Crippen LogP contribution in [0.15, 0.2) is 18.2 Å². The van der Waals surface area contributed by atoms with Gasteiger partial charge >= 0.3 is 0 Å². The molecule has 1 aliphatic carbocycles. The number of nitrogens with one attached hydrogen (secondary N) is 1. The largest absolute Gasteiger partial charge is 0.385 e. The van der Waals surface area contributed by atoms with Crippen LogP contribution in [0.1, 0.15) is 30.7 Å². The topological polar surface area (TPSA) is 12.0 Å². The van der Waals surface area contributed by atoms with Crippen LogP contribution in [0.4, 0.5) is 5.69 Å². The summed E-state index contributed by atoms with van der Waals surface area (Å²) in [6.07, 6.45) is 4.10. The van der Waals surface area contributed by atoms with E-state index in [0.29, 0.717) is 0 Å². The Labute approximate surface area is 89.5 Å². The molecule has 1 fully saturated rings. The first-order chi connectivity index (χ1) is 6.84. The highest BCUT2D eigenvalue weighted by molar-refractivity contribution is 6.30. The summed E-state index contributed by atoms with van der Waals surface area (Å²) in [6, 6.07) is 6.24. The molecule has 2 aliphatic rings. The van der Waals surface area contributed by atoms with E-state index in [9.17, 15) is 0 Å². The van der Waals surface area contributed by atoms with Crippen molar-refractivity contribution in [1.29, 1.82) is 0 Å². The van der Waals surface area contributed by atoms with Gasteiger partial charge in [0.15, 0.2) is 0 Å². The molecule has 74 valence electrons. The summed E-state index contributed by atoms with van der Waals surface area (Å²) in [5, 5.41) is 4.32. The second-order valence-electron chi connectivity index (χ2n) is 4.39. The third-order valence-electron chi connectivity index (χ3n) is 3.37. The Kier molecular flexibility index (Phi) is 1.94. The maximum atomic E-state index is 6.04. The molecular weight excluding hydrogens is 194 g/mol. The number of hydrogen-bond donors (Lipinski definition) is 1. The molecule has 0 aromatic heterocycles. The number of halogens is 1. The predicted octanol–water partition coefficient (Wildman–Crippen LogP) is 3.65. The molecule has 0 amide bonds. The van der Waals surface area contributed by atoms with E-state index in [1.54, 1.807) is 0 Å². The standard InChI is InChI=1S/C12H14ClN/c13-9-3-4-12-11(7-9)10(5-6-14-12)8-1-2-8/h3-4,7-8,10,14H,1-2,5-6H2. The maximum Gasteiger partial charge on any atom is 0.0410 e. The van der Waals surface area contributed by atoms with Gasteiger partial charge in [-0.25, -0.2) is 0 Å². The average Bonchev–Trinajstić information content (AvgIpc) is 3.00. The van der Waals surface area contributed by atoms with Crippen LogP contribution in [0.2, 0.25) is 5.02 Å². The van der Waals surface area contributed by atoms with E-state index < -0.39 is 0 Å². The lowest BCUT2D eigenvalue weighted by atomic mass is 9.87. The molecule has 1 saturated carbocycles. The van der Waals surface area contributed by atoms with Crippen LogP contribution < -0.4 is 5.32 Å². The fraction of sp³-hybridized carbons (Fsp3) is 0.500. The number of fused-ring (bicyclic) bond motifs is 1. The van der Waals surface area contributed by atoms with Crippen molar-refractivity contribution in [2.75, 3.05) is 11.9 Å². The monoisotopic (exact) mass is 207 g/mol. The average molecular weight is 208 g/mol. The molecule has 1 aromatic carbocycles. The minimum atomic E-state index is 0.768. The van der Waals surface area contributed by atoms with Crippen LogP contribution in [0.5, 0.6) is 0 Å². The van der Waals surface area contributed by atoms with Crippen molar-refractivity contribution in [1.82, 2.24) is 0 Å². The fourth-order valence-electron chi connectivity index (χ4n) is 2.51. The summed E-state index contributed by atoms with van der Waals surface area (Å²) in [5.74, 6) is 1.71. The van der Waals surface area contributed by atoms with Gasteiger partial charge in [0.25, 0.3) is 0 Å². The maximum absolute atomic E-state index is 6.04.